The van der Waals surface area contributed by atoms with E-state index in [-0.39, 0.29) is 6.04 Å². The number of nitrogens with one attached hydrogen (secondary N) is 2. The minimum absolute atomic E-state index is 0.287. The number of nitrogens with zero attached hydrogens (tertiary/aromatic N) is 6. The average molecular weight is 390 g/mol. The van der Waals surface area contributed by atoms with E-state index < -0.39 is 0 Å². The van der Waals surface area contributed by atoms with Crippen LogP contribution < -0.4 is 15.5 Å². The first-order chi connectivity index (χ1) is 14.2. The van der Waals surface area contributed by atoms with Crippen LogP contribution in [0, 0.1) is 0 Å². The van der Waals surface area contributed by atoms with Crippen molar-refractivity contribution in [3.8, 4) is 11.4 Å². The number of aromatic nitrogens is 5. The molecule has 0 amide bonds. The molecule has 0 atom stereocenters. The fraction of sp³-hybridized carbons (Fsp3) is 0.429. The molecule has 2 aliphatic rings. The molecule has 1 saturated heterocycles. The van der Waals surface area contributed by atoms with Crippen molar-refractivity contribution in [3.63, 3.8) is 0 Å². The molecule has 0 spiro atoms. The molecular formula is C21H26N8. The molecule has 5 rings (SSSR count). The molecule has 3 aromatic rings. The Balaban J connectivity index is 1.40. The van der Waals surface area contributed by atoms with Crippen LogP contribution in [0.2, 0.25) is 0 Å². The predicted octanol–water partition coefficient (Wildman–Crippen LogP) is 2.57. The van der Waals surface area contributed by atoms with Crippen LogP contribution in [0.3, 0.4) is 0 Å². The van der Waals surface area contributed by atoms with Crippen LogP contribution in [0.5, 0.6) is 0 Å². The maximum Gasteiger partial charge on any atom is 0.228 e. The Morgan fingerprint density at radius 1 is 1.00 bits per heavy atom. The van der Waals surface area contributed by atoms with E-state index in [2.05, 4.69) is 55.2 Å². The van der Waals surface area contributed by atoms with Crippen molar-refractivity contribution in [3.05, 3.63) is 41.9 Å². The average Bonchev–Trinajstić information content (AvgIpc) is 3.20. The van der Waals surface area contributed by atoms with E-state index >= 15 is 0 Å². The van der Waals surface area contributed by atoms with E-state index in [1.165, 1.54) is 11.1 Å². The van der Waals surface area contributed by atoms with Gasteiger partial charge in [-0.3, -0.25) is 4.68 Å². The number of aryl methyl sites for hydroxylation is 2. The monoisotopic (exact) mass is 390 g/mol. The Hall–Kier alpha value is -3.00. The lowest BCUT2D eigenvalue weighted by Gasteiger charge is -2.29. The Bertz CT molecular complexity index is 1000. The van der Waals surface area contributed by atoms with Crippen LogP contribution in [-0.4, -0.2) is 50.9 Å². The fourth-order valence-electron chi connectivity index (χ4n) is 4.04. The molecule has 1 fully saturated rings. The minimum Gasteiger partial charge on any atom is -0.368 e. The van der Waals surface area contributed by atoms with E-state index in [4.69, 9.17) is 4.98 Å². The van der Waals surface area contributed by atoms with Gasteiger partial charge in [-0.15, -0.1) is 0 Å². The van der Waals surface area contributed by atoms with E-state index in [1.54, 1.807) is 0 Å². The lowest BCUT2D eigenvalue weighted by Crippen LogP contribution is -2.43. The van der Waals surface area contributed by atoms with Crippen LogP contribution in [0.25, 0.3) is 11.4 Å². The summed E-state index contributed by atoms with van der Waals surface area (Å²) in [5.74, 6) is 1.31. The quantitative estimate of drug-likeness (QED) is 0.708. The van der Waals surface area contributed by atoms with Gasteiger partial charge in [0.05, 0.1) is 29.5 Å². The highest BCUT2D eigenvalue weighted by Gasteiger charge is 2.24. The predicted molar refractivity (Wildman–Crippen MR) is 114 cm³/mol. The van der Waals surface area contributed by atoms with Gasteiger partial charge < -0.3 is 15.5 Å². The zero-order valence-electron chi connectivity index (χ0n) is 16.9. The van der Waals surface area contributed by atoms with Gasteiger partial charge in [-0.1, -0.05) is 0 Å². The van der Waals surface area contributed by atoms with Crippen LogP contribution in [0.4, 0.5) is 17.5 Å². The van der Waals surface area contributed by atoms with Crippen LogP contribution >= 0.6 is 0 Å². The fourth-order valence-corrected chi connectivity index (χ4v) is 4.04. The van der Waals surface area contributed by atoms with Gasteiger partial charge in [-0.05, 0) is 44.4 Å². The molecule has 0 bridgehead atoms. The van der Waals surface area contributed by atoms with E-state index in [0.717, 1.165) is 61.9 Å². The maximum atomic E-state index is 4.84. The van der Waals surface area contributed by atoms with Crippen molar-refractivity contribution in [2.45, 2.75) is 32.7 Å². The Morgan fingerprint density at radius 2 is 1.83 bits per heavy atom. The first-order valence-corrected chi connectivity index (χ1v) is 10.3. The molecule has 0 aromatic carbocycles. The van der Waals surface area contributed by atoms with Gasteiger partial charge in [-0.2, -0.15) is 5.10 Å². The molecule has 1 aliphatic carbocycles. The second-order valence-corrected chi connectivity index (χ2v) is 7.89. The Kier molecular flexibility index (Phi) is 4.63. The lowest BCUT2D eigenvalue weighted by atomic mass is 9.95. The number of piperazine rings is 1. The summed E-state index contributed by atoms with van der Waals surface area (Å²) < 4.78 is 2.06. The third kappa shape index (κ3) is 3.44. The molecule has 0 unspecified atom stereocenters. The number of fused-ring (bicyclic) bond motifs is 3. The summed E-state index contributed by atoms with van der Waals surface area (Å²) in [6.07, 6.45) is 7.76. The van der Waals surface area contributed by atoms with E-state index in [1.807, 2.05) is 24.7 Å². The van der Waals surface area contributed by atoms with E-state index in [0.29, 0.717) is 5.95 Å². The van der Waals surface area contributed by atoms with Gasteiger partial charge in [0, 0.05) is 44.0 Å². The number of pyridine rings is 1. The highest BCUT2D eigenvalue weighted by atomic mass is 15.3. The smallest absolute Gasteiger partial charge is 0.228 e. The summed E-state index contributed by atoms with van der Waals surface area (Å²) in [5, 5.41) is 11.2. The summed E-state index contributed by atoms with van der Waals surface area (Å²) in [6.45, 7) is 8.33. The molecule has 4 heterocycles. The third-order valence-electron chi connectivity index (χ3n) is 5.58. The number of hydrogen-bond donors (Lipinski definition) is 2. The number of rotatable bonds is 4. The highest BCUT2D eigenvalue weighted by molar-refractivity contribution is 5.67. The molecule has 29 heavy (non-hydrogen) atoms. The third-order valence-corrected chi connectivity index (χ3v) is 5.58. The van der Waals surface area contributed by atoms with Crippen molar-refractivity contribution in [1.82, 2.24) is 30.0 Å². The van der Waals surface area contributed by atoms with Crippen molar-refractivity contribution < 1.29 is 0 Å². The van der Waals surface area contributed by atoms with Gasteiger partial charge in [0.15, 0.2) is 0 Å². The molecule has 3 aromatic heterocycles. The molecule has 2 N–H and O–H groups in total. The van der Waals surface area contributed by atoms with Gasteiger partial charge in [-0.25, -0.2) is 15.0 Å². The molecule has 0 radical (unpaired) electrons. The number of hydrogen-bond acceptors (Lipinski definition) is 7. The molecular weight excluding hydrogens is 364 g/mol. The zero-order valence-corrected chi connectivity index (χ0v) is 16.9. The number of anilines is 3. The molecule has 150 valence electrons. The molecule has 0 saturated carbocycles. The summed E-state index contributed by atoms with van der Waals surface area (Å²) in [4.78, 5) is 16.3. The lowest BCUT2D eigenvalue weighted by molar-refractivity contribution is 0.536. The summed E-state index contributed by atoms with van der Waals surface area (Å²) in [5.41, 5.74) is 5.68. The van der Waals surface area contributed by atoms with Crippen LogP contribution in [0.1, 0.15) is 31.0 Å². The first kappa shape index (κ1) is 18.1. The van der Waals surface area contributed by atoms with Gasteiger partial charge in [0.25, 0.3) is 0 Å². The normalized spacial score (nSPS) is 15.9. The standard InChI is InChI=1S/C21H26N8/c1-14(2)29-20-16(12-25-29)4-3-15-11-24-21(27-19(15)20)26-18-6-5-17(13-23-18)28-9-7-22-8-10-28/h5-6,11-14,22H,3-4,7-10H2,1-2H3,(H,23,24,26,27). The maximum absolute atomic E-state index is 4.84. The minimum atomic E-state index is 0.287. The van der Waals surface area contributed by atoms with Crippen LogP contribution in [0.15, 0.2) is 30.7 Å². The Morgan fingerprint density at radius 3 is 2.59 bits per heavy atom. The van der Waals surface area contributed by atoms with Crippen LogP contribution in [-0.2, 0) is 12.8 Å². The highest BCUT2D eigenvalue weighted by Crippen LogP contribution is 2.34. The van der Waals surface area contributed by atoms with Gasteiger partial charge in [0.2, 0.25) is 5.95 Å². The second-order valence-electron chi connectivity index (χ2n) is 7.89. The summed E-state index contributed by atoms with van der Waals surface area (Å²) >= 11 is 0. The summed E-state index contributed by atoms with van der Waals surface area (Å²) in [6, 6.07) is 4.38. The summed E-state index contributed by atoms with van der Waals surface area (Å²) in [7, 11) is 0. The SMILES string of the molecule is CC(C)n1ncc2c1-c1nc(Nc3ccc(N4CCNCC4)cn3)ncc1CC2. The van der Waals surface area contributed by atoms with Gasteiger partial charge >= 0.3 is 0 Å². The Labute approximate surface area is 170 Å². The largest absolute Gasteiger partial charge is 0.368 e. The van der Waals surface area contributed by atoms with Crippen molar-refractivity contribution in [1.29, 1.82) is 0 Å². The van der Waals surface area contributed by atoms with Gasteiger partial charge in [0.1, 0.15) is 5.82 Å². The zero-order chi connectivity index (χ0) is 19.8. The first-order valence-electron chi connectivity index (χ1n) is 10.3. The van der Waals surface area contributed by atoms with Crippen molar-refractivity contribution in [2.75, 3.05) is 36.4 Å². The molecule has 1 aliphatic heterocycles. The second kappa shape index (κ2) is 7.44. The molecule has 8 nitrogen and oxygen atoms in total. The van der Waals surface area contributed by atoms with Crippen molar-refractivity contribution >= 4 is 17.5 Å². The van der Waals surface area contributed by atoms with Crippen molar-refractivity contribution in [2.24, 2.45) is 0 Å². The topological polar surface area (TPSA) is 83.8 Å². The van der Waals surface area contributed by atoms with E-state index in [9.17, 15) is 0 Å². The molecule has 8 heteroatoms.